The number of amides is 1. The zero-order valence-electron chi connectivity index (χ0n) is 12.6. The summed E-state index contributed by atoms with van der Waals surface area (Å²) in [7, 11) is 0. The molecule has 3 nitrogen and oxygen atoms in total. The topological polar surface area (TPSA) is 32.3 Å². The molecule has 0 unspecified atom stereocenters. The van der Waals surface area contributed by atoms with E-state index in [0.717, 1.165) is 29.9 Å². The van der Waals surface area contributed by atoms with Crippen LogP contribution in [-0.4, -0.2) is 19.0 Å². The Bertz CT molecular complexity index is 470. The van der Waals surface area contributed by atoms with Gasteiger partial charge in [-0.1, -0.05) is 5.57 Å². The van der Waals surface area contributed by atoms with Gasteiger partial charge in [0.25, 0.3) is 0 Å². The molecular formula is C16H24N2O. The van der Waals surface area contributed by atoms with E-state index >= 15 is 0 Å². The molecular weight excluding hydrogens is 236 g/mol. The predicted octanol–water partition coefficient (Wildman–Crippen LogP) is 3.75. The number of hydrogen-bond donors (Lipinski definition) is 1. The Morgan fingerprint density at radius 1 is 1.26 bits per heavy atom. The fraction of sp³-hybridized carbons (Fsp3) is 0.438. The third-order valence-electron chi connectivity index (χ3n) is 3.02. The van der Waals surface area contributed by atoms with Gasteiger partial charge < -0.3 is 10.2 Å². The van der Waals surface area contributed by atoms with Gasteiger partial charge >= 0.3 is 0 Å². The second kappa shape index (κ2) is 6.98. The molecule has 104 valence electrons. The van der Waals surface area contributed by atoms with Crippen LogP contribution in [0.25, 0.3) is 0 Å². The average Bonchev–Trinajstić information content (AvgIpc) is 2.33. The zero-order valence-corrected chi connectivity index (χ0v) is 12.6. The summed E-state index contributed by atoms with van der Waals surface area (Å²) in [6.07, 6.45) is 1.61. The standard InChI is InChI=1S/C16H24N2O/c1-6-18(7-2)14-8-9-15(13(5)11-14)17-16(19)10-12(3)4/h8-11H,6-7H2,1-5H3,(H,17,19). The molecule has 0 aliphatic carbocycles. The predicted molar refractivity (Wildman–Crippen MR) is 82.8 cm³/mol. The van der Waals surface area contributed by atoms with Gasteiger partial charge in [-0.3, -0.25) is 4.79 Å². The second-order valence-corrected chi connectivity index (χ2v) is 4.88. The Kier molecular flexibility index (Phi) is 5.61. The van der Waals surface area contributed by atoms with Crippen molar-refractivity contribution in [1.82, 2.24) is 0 Å². The van der Waals surface area contributed by atoms with Crippen LogP contribution < -0.4 is 10.2 Å². The number of rotatable bonds is 5. The highest BCUT2D eigenvalue weighted by atomic mass is 16.1. The summed E-state index contributed by atoms with van der Waals surface area (Å²) >= 11 is 0. The maximum atomic E-state index is 11.7. The van der Waals surface area contributed by atoms with Crippen LogP contribution in [0.1, 0.15) is 33.3 Å². The average molecular weight is 260 g/mol. The Morgan fingerprint density at radius 3 is 2.37 bits per heavy atom. The van der Waals surface area contributed by atoms with E-state index in [-0.39, 0.29) is 5.91 Å². The molecule has 0 saturated carbocycles. The summed E-state index contributed by atoms with van der Waals surface area (Å²) in [6.45, 7) is 12.1. The van der Waals surface area contributed by atoms with E-state index in [1.165, 1.54) is 5.69 Å². The van der Waals surface area contributed by atoms with Crippen LogP contribution in [0.5, 0.6) is 0 Å². The molecule has 1 rings (SSSR count). The molecule has 1 aromatic carbocycles. The van der Waals surface area contributed by atoms with Crippen molar-refractivity contribution < 1.29 is 4.79 Å². The van der Waals surface area contributed by atoms with Gasteiger partial charge in [0.2, 0.25) is 5.91 Å². The van der Waals surface area contributed by atoms with Crippen LogP contribution >= 0.6 is 0 Å². The van der Waals surface area contributed by atoms with E-state index in [2.05, 4.69) is 36.2 Å². The van der Waals surface area contributed by atoms with E-state index in [4.69, 9.17) is 0 Å². The number of anilines is 2. The van der Waals surface area contributed by atoms with Crippen molar-refractivity contribution in [1.29, 1.82) is 0 Å². The normalized spacial score (nSPS) is 9.95. The summed E-state index contributed by atoms with van der Waals surface area (Å²) in [5, 5.41) is 2.91. The number of aryl methyl sites for hydroxylation is 1. The molecule has 3 heteroatoms. The Labute approximate surface area is 116 Å². The van der Waals surface area contributed by atoms with Crippen LogP contribution in [0.2, 0.25) is 0 Å². The van der Waals surface area contributed by atoms with Crippen molar-refractivity contribution in [3.63, 3.8) is 0 Å². The molecule has 0 spiro atoms. The third kappa shape index (κ3) is 4.43. The molecule has 0 aliphatic rings. The minimum Gasteiger partial charge on any atom is -0.372 e. The first-order valence-corrected chi connectivity index (χ1v) is 6.79. The largest absolute Gasteiger partial charge is 0.372 e. The number of allylic oxidation sites excluding steroid dienone is 1. The molecule has 1 amide bonds. The molecule has 1 aromatic rings. The number of carbonyl (C=O) groups is 1. The van der Waals surface area contributed by atoms with Crippen molar-refractivity contribution in [3.8, 4) is 0 Å². The van der Waals surface area contributed by atoms with Crippen LogP contribution in [0, 0.1) is 6.92 Å². The van der Waals surface area contributed by atoms with Gasteiger partial charge in [-0.05, 0) is 58.4 Å². The van der Waals surface area contributed by atoms with E-state index < -0.39 is 0 Å². The van der Waals surface area contributed by atoms with Gasteiger partial charge in [-0.15, -0.1) is 0 Å². The molecule has 0 bridgehead atoms. The highest BCUT2D eigenvalue weighted by Crippen LogP contribution is 2.22. The van der Waals surface area contributed by atoms with Gasteiger partial charge in [0.1, 0.15) is 0 Å². The van der Waals surface area contributed by atoms with Crippen molar-refractivity contribution in [2.24, 2.45) is 0 Å². The maximum absolute atomic E-state index is 11.7. The molecule has 0 aliphatic heterocycles. The van der Waals surface area contributed by atoms with Crippen molar-refractivity contribution in [2.75, 3.05) is 23.3 Å². The first-order valence-electron chi connectivity index (χ1n) is 6.79. The van der Waals surface area contributed by atoms with Crippen LogP contribution in [0.15, 0.2) is 29.8 Å². The lowest BCUT2D eigenvalue weighted by Crippen LogP contribution is -2.22. The van der Waals surface area contributed by atoms with Crippen LogP contribution in [0.3, 0.4) is 0 Å². The van der Waals surface area contributed by atoms with Gasteiger partial charge in [-0.25, -0.2) is 0 Å². The highest BCUT2D eigenvalue weighted by molar-refractivity contribution is 6.00. The van der Waals surface area contributed by atoms with Crippen molar-refractivity contribution in [2.45, 2.75) is 34.6 Å². The SMILES string of the molecule is CCN(CC)c1ccc(NC(=O)C=C(C)C)c(C)c1. The molecule has 19 heavy (non-hydrogen) atoms. The third-order valence-corrected chi connectivity index (χ3v) is 3.02. The van der Waals surface area contributed by atoms with Gasteiger partial charge in [-0.2, -0.15) is 0 Å². The molecule has 1 N–H and O–H groups in total. The molecule has 0 atom stereocenters. The van der Waals surface area contributed by atoms with E-state index in [0.29, 0.717) is 0 Å². The summed E-state index contributed by atoms with van der Waals surface area (Å²) < 4.78 is 0. The Morgan fingerprint density at radius 2 is 1.89 bits per heavy atom. The fourth-order valence-corrected chi connectivity index (χ4v) is 2.00. The first kappa shape index (κ1) is 15.3. The van der Waals surface area contributed by atoms with E-state index in [9.17, 15) is 4.79 Å². The number of benzene rings is 1. The minimum atomic E-state index is -0.0707. The molecule has 0 aromatic heterocycles. The number of nitrogens with one attached hydrogen (secondary N) is 1. The highest BCUT2D eigenvalue weighted by Gasteiger charge is 2.06. The lowest BCUT2D eigenvalue weighted by molar-refractivity contribution is -0.111. The minimum absolute atomic E-state index is 0.0707. The van der Waals surface area contributed by atoms with Crippen LogP contribution in [-0.2, 0) is 4.79 Å². The second-order valence-electron chi connectivity index (χ2n) is 4.88. The number of nitrogens with zero attached hydrogens (tertiary/aromatic N) is 1. The van der Waals surface area contributed by atoms with Gasteiger partial charge in [0, 0.05) is 30.5 Å². The van der Waals surface area contributed by atoms with Crippen LogP contribution in [0.4, 0.5) is 11.4 Å². The van der Waals surface area contributed by atoms with E-state index in [1.807, 2.05) is 26.8 Å². The van der Waals surface area contributed by atoms with Crippen molar-refractivity contribution in [3.05, 3.63) is 35.4 Å². The van der Waals surface area contributed by atoms with Crippen molar-refractivity contribution >= 4 is 17.3 Å². The molecule has 0 fully saturated rings. The molecule has 0 saturated heterocycles. The summed E-state index contributed by atoms with van der Waals surface area (Å²) in [5.41, 5.74) is 4.15. The number of hydrogen-bond acceptors (Lipinski definition) is 2. The van der Waals surface area contributed by atoms with E-state index in [1.54, 1.807) is 6.08 Å². The molecule has 0 radical (unpaired) electrons. The molecule has 0 heterocycles. The summed E-state index contributed by atoms with van der Waals surface area (Å²) in [4.78, 5) is 14.0. The number of carbonyl (C=O) groups excluding carboxylic acids is 1. The summed E-state index contributed by atoms with van der Waals surface area (Å²) in [5.74, 6) is -0.0707. The Balaban J connectivity index is 2.89. The summed E-state index contributed by atoms with van der Waals surface area (Å²) in [6, 6.07) is 6.14. The smallest absolute Gasteiger partial charge is 0.248 e. The first-order chi connectivity index (χ1) is 8.97. The zero-order chi connectivity index (χ0) is 14.4. The Hall–Kier alpha value is -1.77. The maximum Gasteiger partial charge on any atom is 0.248 e. The van der Waals surface area contributed by atoms with Gasteiger partial charge in [0.05, 0.1) is 0 Å². The fourth-order valence-electron chi connectivity index (χ4n) is 2.00. The monoisotopic (exact) mass is 260 g/mol. The lowest BCUT2D eigenvalue weighted by atomic mass is 10.1. The van der Waals surface area contributed by atoms with Gasteiger partial charge in [0.15, 0.2) is 0 Å². The lowest BCUT2D eigenvalue weighted by Gasteiger charge is -2.22. The quantitative estimate of drug-likeness (QED) is 0.818.